The normalized spacial score (nSPS) is 10.6. The fourth-order valence-electron chi connectivity index (χ4n) is 1.16. The predicted molar refractivity (Wildman–Crippen MR) is 62.1 cm³/mol. The molecule has 1 N–H and O–H groups in total. The van der Waals surface area contributed by atoms with E-state index in [-0.39, 0.29) is 6.54 Å². The maximum atomic E-state index is 13.2. The van der Waals surface area contributed by atoms with Crippen molar-refractivity contribution in [3.63, 3.8) is 0 Å². The van der Waals surface area contributed by atoms with Crippen molar-refractivity contribution in [2.45, 2.75) is 6.42 Å². The van der Waals surface area contributed by atoms with Crippen LogP contribution in [0.3, 0.4) is 0 Å². The molecule has 100 valence electrons. The number of amides is 1. The average Bonchev–Trinajstić information content (AvgIpc) is 2.34. The van der Waals surface area contributed by atoms with Gasteiger partial charge in [-0.25, -0.2) is 22.0 Å². The van der Waals surface area contributed by atoms with Crippen molar-refractivity contribution in [3.05, 3.63) is 34.6 Å². The predicted octanol–water partition coefficient (Wildman–Crippen LogP) is 2.94. The molecule has 0 saturated carbocycles. The van der Waals surface area contributed by atoms with Crippen molar-refractivity contribution in [2.75, 3.05) is 11.0 Å². The molecule has 0 unspecified atom stereocenters. The Morgan fingerprint density at radius 2 is 1.39 bits per heavy atom. The number of alkyl halides is 1. The second-order valence-electron chi connectivity index (χ2n) is 3.24. The molecule has 0 saturated heterocycles. The lowest BCUT2D eigenvalue weighted by Crippen LogP contribution is -2.28. The zero-order chi connectivity index (χ0) is 13.9. The molecule has 1 aromatic carbocycles. The molecule has 0 aromatic heterocycles. The standard InChI is InChI=1S/C10H7F5INO/c11-5-4(10(18)17-3-1-2-16)6(12)8(14)9(15)7(5)13/h1-3H2,(H,17,18). The first-order valence-corrected chi connectivity index (χ1v) is 6.30. The Labute approximate surface area is 113 Å². The molecule has 8 heteroatoms. The Hall–Kier alpha value is -0.930. The quantitative estimate of drug-likeness (QED) is 0.214. The Bertz CT molecular complexity index is 451. The summed E-state index contributed by atoms with van der Waals surface area (Å²) in [5.41, 5.74) is -1.46. The molecule has 0 aliphatic carbocycles. The van der Waals surface area contributed by atoms with Gasteiger partial charge in [0.05, 0.1) is 0 Å². The van der Waals surface area contributed by atoms with Crippen LogP contribution in [-0.4, -0.2) is 16.9 Å². The van der Waals surface area contributed by atoms with Gasteiger partial charge < -0.3 is 5.32 Å². The largest absolute Gasteiger partial charge is 0.352 e. The summed E-state index contributed by atoms with van der Waals surface area (Å²) in [5, 5.41) is 2.08. The second-order valence-corrected chi connectivity index (χ2v) is 4.32. The van der Waals surface area contributed by atoms with Gasteiger partial charge in [0.25, 0.3) is 5.91 Å². The van der Waals surface area contributed by atoms with E-state index in [1.165, 1.54) is 0 Å². The van der Waals surface area contributed by atoms with E-state index in [2.05, 4.69) is 5.32 Å². The summed E-state index contributed by atoms with van der Waals surface area (Å²) in [7, 11) is 0. The minimum atomic E-state index is -2.28. The molecule has 1 rings (SSSR count). The molecule has 0 bridgehead atoms. The van der Waals surface area contributed by atoms with E-state index >= 15 is 0 Å². The molecule has 1 aromatic rings. The van der Waals surface area contributed by atoms with Crippen LogP contribution in [0.1, 0.15) is 16.8 Å². The van der Waals surface area contributed by atoms with Crippen LogP contribution in [-0.2, 0) is 0 Å². The molecule has 0 heterocycles. The van der Waals surface area contributed by atoms with Crippen molar-refractivity contribution in [1.82, 2.24) is 5.32 Å². The van der Waals surface area contributed by atoms with Gasteiger partial charge in [-0.3, -0.25) is 4.79 Å². The first-order valence-electron chi connectivity index (χ1n) is 4.77. The van der Waals surface area contributed by atoms with E-state index in [1.54, 1.807) is 0 Å². The molecule has 0 atom stereocenters. The fraction of sp³-hybridized carbons (Fsp3) is 0.300. The number of rotatable bonds is 4. The van der Waals surface area contributed by atoms with Gasteiger partial charge in [0.1, 0.15) is 5.56 Å². The summed E-state index contributed by atoms with van der Waals surface area (Å²) in [4.78, 5) is 11.3. The van der Waals surface area contributed by atoms with Gasteiger partial charge in [0.2, 0.25) is 5.82 Å². The van der Waals surface area contributed by atoms with E-state index in [0.29, 0.717) is 10.8 Å². The van der Waals surface area contributed by atoms with Crippen molar-refractivity contribution >= 4 is 28.5 Å². The Balaban J connectivity index is 3.13. The van der Waals surface area contributed by atoms with Crippen molar-refractivity contribution < 1.29 is 26.7 Å². The van der Waals surface area contributed by atoms with Gasteiger partial charge >= 0.3 is 0 Å². The van der Waals surface area contributed by atoms with Gasteiger partial charge in [-0.1, -0.05) is 22.6 Å². The molecular weight excluding hydrogens is 372 g/mol. The minimum Gasteiger partial charge on any atom is -0.352 e. The number of hydrogen-bond acceptors (Lipinski definition) is 1. The minimum absolute atomic E-state index is 0.0846. The lowest BCUT2D eigenvalue weighted by Gasteiger charge is -2.08. The van der Waals surface area contributed by atoms with E-state index in [0.717, 1.165) is 0 Å². The number of nitrogens with one attached hydrogen (secondary N) is 1. The van der Waals surface area contributed by atoms with Crippen LogP contribution in [0.4, 0.5) is 22.0 Å². The van der Waals surface area contributed by atoms with Crippen LogP contribution >= 0.6 is 22.6 Å². The Morgan fingerprint density at radius 3 is 1.83 bits per heavy atom. The van der Waals surface area contributed by atoms with Gasteiger partial charge in [0, 0.05) is 11.0 Å². The number of carbonyl (C=O) groups excluding carboxylic acids is 1. The summed E-state index contributed by atoms with van der Waals surface area (Å²) < 4.78 is 65.4. The number of carbonyl (C=O) groups is 1. The SMILES string of the molecule is O=C(NCCCI)c1c(F)c(F)c(F)c(F)c1F. The molecular formula is C10H7F5INO. The lowest BCUT2D eigenvalue weighted by molar-refractivity contribution is 0.0942. The number of benzene rings is 1. The van der Waals surface area contributed by atoms with Crippen molar-refractivity contribution in [3.8, 4) is 0 Å². The number of hydrogen-bond donors (Lipinski definition) is 1. The third kappa shape index (κ3) is 2.90. The van der Waals surface area contributed by atoms with Gasteiger partial charge in [-0.15, -0.1) is 0 Å². The van der Waals surface area contributed by atoms with Gasteiger partial charge in [0.15, 0.2) is 23.3 Å². The molecule has 0 radical (unpaired) electrons. The Kier molecular flexibility index (Phi) is 5.29. The molecule has 0 spiro atoms. The van der Waals surface area contributed by atoms with Gasteiger partial charge in [-0.2, -0.15) is 0 Å². The van der Waals surface area contributed by atoms with Crippen LogP contribution < -0.4 is 5.32 Å². The summed E-state index contributed by atoms with van der Waals surface area (Å²) >= 11 is 2.01. The molecule has 0 aliphatic heterocycles. The molecule has 18 heavy (non-hydrogen) atoms. The van der Waals surface area contributed by atoms with Crippen molar-refractivity contribution in [1.29, 1.82) is 0 Å². The zero-order valence-electron chi connectivity index (χ0n) is 8.80. The van der Waals surface area contributed by atoms with Crippen LogP contribution in [0.2, 0.25) is 0 Å². The first kappa shape index (κ1) is 15.1. The van der Waals surface area contributed by atoms with Crippen LogP contribution in [0.15, 0.2) is 0 Å². The molecule has 0 aliphatic rings. The van der Waals surface area contributed by atoms with E-state index in [4.69, 9.17) is 0 Å². The third-order valence-electron chi connectivity index (χ3n) is 2.03. The smallest absolute Gasteiger partial charge is 0.257 e. The summed E-state index contributed by atoms with van der Waals surface area (Å²) in [6.45, 7) is 0.0846. The second kappa shape index (κ2) is 6.30. The maximum absolute atomic E-state index is 13.2. The number of halogens is 6. The van der Waals surface area contributed by atoms with Crippen LogP contribution in [0.25, 0.3) is 0 Å². The zero-order valence-corrected chi connectivity index (χ0v) is 11.0. The highest BCUT2D eigenvalue weighted by atomic mass is 127. The monoisotopic (exact) mass is 379 g/mol. The van der Waals surface area contributed by atoms with Gasteiger partial charge in [-0.05, 0) is 6.42 Å². The lowest BCUT2D eigenvalue weighted by atomic mass is 10.1. The molecule has 0 fully saturated rings. The fourth-order valence-corrected chi connectivity index (χ4v) is 1.54. The van der Waals surface area contributed by atoms with Crippen LogP contribution in [0.5, 0.6) is 0 Å². The van der Waals surface area contributed by atoms with Crippen molar-refractivity contribution in [2.24, 2.45) is 0 Å². The van der Waals surface area contributed by atoms with E-state index < -0.39 is 40.6 Å². The summed E-state index contributed by atoms with van der Waals surface area (Å²) in [6.07, 6.45) is 0.516. The average molecular weight is 379 g/mol. The highest BCUT2D eigenvalue weighted by molar-refractivity contribution is 14.1. The molecule has 2 nitrogen and oxygen atoms in total. The molecule has 1 amide bonds. The highest BCUT2D eigenvalue weighted by Gasteiger charge is 2.29. The topological polar surface area (TPSA) is 29.1 Å². The summed E-state index contributed by atoms with van der Waals surface area (Å²) in [5.74, 6) is -12.1. The van der Waals surface area contributed by atoms with E-state index in [9.17, 15) is 26.7 Å². The first-order chi connectivity index (χ1) is 8.41. The highest BCUT2D eigenvalue weighted by Crippen LogP contribution is 2.22. The third-order valence-corrected chi connectivity index (χ3v) is 2.80. The maximum Gasteiger partial charge on any atom is 0.257 e. The van der Waals surface area contributed by atoms with Crippen LogP contribution in [0, 0.1) is 29.1 Å². The summed E-state index contributed by atoms with van der Waals surface area (Å²) in [6, 6.07) is 0. The Morgan fingerprint density at radius 1 is 0.944 bits per heavy atom. The van der Waals surface area contributed by atoms with E-state index in [1.807, 2.05) is 22.6 Å².